The van der Waals surface area contributed by atoms with Crippen LogP contribution in [0.15, 0.2) is 82.9 Å². The highest BCUT2D eigenvalue weighted by Crippen LogP contribution is 2.39. The summed E-state index contributed by atoms with van der Waals surface area (Å²) in [4.78, 5) is 15.0. The molecule has 4 rings (SSSR count). The van der Waals surface area contributed by atoms with Crippen LogP contribution in [0.25, 0.3) is 11.8 Å². The molecule has 1 heterocycles. The van der Waals surface area contributed by atoms with Crippen LogP contribution in [0.5, 0.6) is 5.75 Å². The fourth-order valence-corrected chi connectivity index (χ4v) is 4.34. The van der Waals surface area contributed by atoms with E-state index in [-0.39, 0.29) is 5.91 Å². The van der Waals surface area contributed by atoms with E-state index in [4.69, 9.17) is 27.9 Å². The Labute approximate surface area is 193 Å². The molecule has 0 bridgehead atoms. The summed E-state index contributed by atoms with van der Waals surface area (Å²) in [5, 5.41) is 0.922. The first-order valence-corrected chi connectivity index (χ1v) is 10.6. The second kappa shape index (κ2) is 8.68. The Balaban J connectivity index is 1.82. The first-order valence-electron chi connectivity index (χ1n) is 9.10. The summed E-state index contributed by atoms with van der Waals surface area (Å²) < 4.78 is 6.10. The van der Waals surface area contributed by atoms with Crippen molar-refractivity contribution >= 4 is 62.5 Å². The molecule has 1 aliphatic rings. The van der Waals surface area contributed by atoms with Crippen LogP contribution in [0, 0.1) is 0 Å². The first kappa shape index (κ1) is 20.7. The third-order valence-corrected chi connectivity index (χ3v) is 5.86. The van der Waals surface area contributed by atoms with E-state index in [0.29, 0.717) is 21.3 Å². The highest BCUT2D eigenvalue weighted by atomic mass is 79.9. The first-order chi connectivity index (χ1) is 14.5. The monoisotopic (exact) mass is 499 g/mol. The lowest BCUT2D eigenvalue weighted by atomic mass is 10.1. The number of rotatable bonds is 4. The number of nitrogens with zero attached hydrogens (tertiary/aromatic N) is 1. The quantitative estimate of drug-likeness (QED) is 0.353. The number of anilines is 1. The second-order valence-electron chi connectivity index (χ2n) is 6.63. The second-order valence-corrected chi connectivity index (χ2v) is 8.32. The molecule has 150 valence electrons. The molecule has 0 atom stereocenters. The molecule has 0 aromatic heterocycles. The molecule has 0 unspecified atom stereocenters. The molecule has 1 amide bonds. The predicted molar refractivity (Wildman–Crippen MR) is 127 cm³/mol. The van der Waals surface area contributed by atoms with E-state index < -0.39 is 0 Å². The maximum Gasteiger partial charge on any atom is 0.262 e. The Morgan fingerprint density at radius 3 is 2.43 bits per heavy atom. The van der Waals surface area contributed by atoms with E-state index >= 15 is 0 Å². The van der Waals surface area contributed by atoms with Crippen molar-refractivity contribution in [2.75, 3.05) is 12.0 Å². The van der Waals surface area contributed by atoms with Gasteiger partial charge in [-0.1, -0.05) is 59.6 Å². The van der Waals surface area contributed by atoms with Gasteiger partial charge in [-0.15, -0.1) is 0 Å². The topological polar surface area (TPSA) is 29.5 Å². The van der Waals surface area contributed by atoms with Crippen LogP contribution in [-0.2, 0) is 4.79 Å². The summed E-state index contributed by atoms with van der Waals surface area (Å²) in [7, 11) is 1.61. The molecule has 0 spiro atoms. The average molecular weight is 501 g/mol. The normalized spacial score (nSPS) is 14.9. The molecule has 0 N–H and O–H groups in total. The summed E-state index contributed by atoms with van der Waals surface area (Å²) in [5.41, 5.74) is 3.68. The van der Waals surface area contributed by atoms with Gasteiger partial charge < -0.3 is 4.74 Å². The number of methoxy groups -OCH3 is 1. The molecule has 3 aromatic carbocycles. The molecule has 30 heavy (non-hydrogen) atoms. The van der Waals surface area contributed by atoms with E-state index in [1.165, 1.54) is 0 Å². The average Bonchev–Trinajstić information content (AvgIpc) is 3.05. The molecule has 6 heteroatoms. The Kier molecular flexibility index (Phi) is 6.00. The summed E-state index contributed by atoms with van der Waals surface area (Å²) in [6.07, 6.45) is 3.72. The molecule has 0 fully saturated rings. The Morgan fingerprint density at radius 2 is 1.77 bits per heavy atom. The molecule has 0 saturated heterocycles. The van der Waals surface area contributed by atoms with Crippen LogP contribution < -0.4 is 9.64 Å². The predicted octanol–water partition coefficient (Wildman–Crippen LogP) is 7.24. The van der Waals surface area contributed by atoms with Gasteiger partial charge in [0.2, 0.25) is 0 Å². The molecule has 0 aliphatic carbocycles. The van der Waals surface area contributed by atoms with Gasteiger partial charge in [-0.3, -0.25) is 9.69 Å². The van der Waals surface area contributed by atoms with Crippen molar-refractivity contribution in [1.29, 1.82) is 0 Å². The van der Waals surface area contributed by atoms with Crippen LogP contribution >= 0.6 is 39.1 Å². The fraction of sp³-hybridized carbons (Fsp3) is 0.0417. The van der Waals surface area contributed by atoms with Crippen LogP contribution in [0.1, 0.15) is 11.1 Å². The van der Waals surface area contributed by atoms with Gasteiger partial charge >= 0.3 is 0 Å². The third-order valence-electron chi connectivity index (χ3n) is 4.70. The largest absolute Gasteiger partial charge is 0.496 e. The van der Waals surface area contributed by atoms with Crippen molar-refractivity contribution in [2.24, 2.45) is 0 Å². The molecular weight excluding hydrogens is 485 g/mol. The van der Waals surface area contributed by atoms with E-state index in [9.17, 15) is 4.79 Å². The van der Waals surface area contributed by atoms with E-state index in [1.807, 2.05) is 60.7 Å². The lowest BCUT2D eigenvalue weighted by molar-refractivity contribution is -0.113. The van der Waals surface area contributed by atoms with Gasteiger partial charge in [0, 0.05) is 10.6 Å². The van der Waals surface area contributed by atoms with Crippen molar-refractivity contribution in [3.63, 3.8) is 0 Å². The van der Waals surface area contributed by atoms with Crippen molar-refractivity contribution in [1.82, 2.24) is 0 Å². The molecule has 3 nitrogen and oxygen atoms in total. The zero-order valence-corrected chi connectivity index (χ0v) is 19.0. The number of amides is 1. The standard InChI is InChI=1S/C24H16BrCl2NO2/c1-30-23-10-7-15(12-19(23)25)11-17-13-22(16-5-3-2-4-6-16)28(24(17)29)21-9-8-18(26)14-20(21)27/h2-14H,1H3. The smallest absolute Gasteiger partial charge is 0.262 e. The zero-order chi connectivity index (χ0) is 21.3. The van der Waals surface area contributed by atoms with Crippen LogP contribution in [0.2, 0.25) is 10.0 Å². The molecule has 0 radical (unpaired) electrons. The van der Waals surface area contributed by atoms with Crippen molar-refractivity contribution < 1.29 is 9.53 Å². The van der Waals surface area contributed by atoms with Gasteiger partial charge in [0.05, 0.1) is 28.0 Å². The summed E-state index contributed by atoms with van der Waals surface area (Å²) in [6.45, 7) is 0. The number of carbonyl (C=O) groups excluding carboxylic acids is 1. The van der Waals surface area contributed by atoms with Crippen molar-refractivity contribution in [3.05, 3.63) is 104 Å². The number of ether oxygens (including phenoxy) is 1. The van der Waals surface area contributed by atoms with Gasteiger partial charge in [-0.05, 0) is 69.5 Å². The minimum absolute atomic E-state index is 0.162. The lowest BCUT2D eigenvalue weighted by Crippen LogP contribution is -2.25. The zero-order valence-electron chi connectivity index (χ0n) is 15.9. The molecule has 0 saturated carbocycles. The molecule has 3 aromatic rings. The molecular formula is C24H16BrCl2NO2. The van der Waals surface area contributed by atoms with Crippen molar-refractivity contribution in [2.45, 2.75) is 0 Å². The Bertz CT molecular complexity index is 1190. The highest BCUT2D eigenvalue weighted by molar-refractivity contribution is 9.10. The van der Waals surface area contributed by atoms with E-state index in [0.717, 1.165) is 27.0 Å². The van der Waals surface area contributed by atoms with Gasteiger partial charge in [-0.25, -0.2) is 0 Å². The van der Waals surface area contributed by atoms with E-state index in [2.05, 4.69) is 15.9 Å². The summed E-state index contributed by atoms with van der Waals surface area (Å²) in [6, 6.07) is 20.5. The minimum atomic E-state index is -0.162. The SMILES string of the molecule is COc1ccc(C=C2C=C(c3ccccc3)N(c3ccc(Cl)cc3Cl)C2=O)cc1Br. The maximum absolute atomic E-state index is 13.4. The van der Waals surface area contributed by atoms with Crippen LogP contribution in [-0.4, -0.2) is 13.0 Å². The maximum atomic E-state index is 13.4. The molecule has 1 aliphatic heterocycles. The Morgan fingerprint density at radius 1 is 1.00 bits per heavy atom. The van der Waals surface area contributed by atoms with Gasteiger partial charge in [0.25, 0.3) is 5.91 Å². The van der Waals surface area contributed by atoms with E-state index in [1.54, 1.807) is 30.2 Å². The number of benzene rings is 3. The summed E-state index contributed by atoms with van der Waals surface area (Å²) in [5.74, 6) is 0.565. The van der Waals surface area contributed by atoms with Gasteiger partial charge in [-0.2, -0.15) is 0 Å². The number of hydrogen-bond donors (Lipinski definition) is 0. The highest BCUT2D eigenvalue weighted by Gasteiger charge is 2.31. The van der Waals surface area contributed by atoms with Gasteiger partial charge in [0.15, 0.2) is 0 Å². The lowest BCUT2D eigenvalue weighted by Gasteiger charge is -2.22. The summed E-state index contributed by atoms with van der Waals surface area (Å²) >= 11 is 16.0. The third kappa shape index (κ3) is 4.04. The van der Waals surface area contributed by atoms with Crippen LogP contribution in [0.4, 0.5) is 5.69 Å². The van der Waals surface area contributed by atoms with Gasteiger partial charge in [0.1, 0.15) is 5.75 Å². The van der Waals surface area contributed by atoms with Crippen molar-refractivity contribution in [3.8, 4) is 5.75 Å². The number of carbonyl (C=O) groups is 1. The fourth-order valence-electron chi connectivity index (χ4n) is 3.29. The number of hydrogen-bond acceptors (Lipinski definition) is 2. The minimum Gasteiger partial charge on any atom is -0.496 e. The van der Waals surface area contributed by atoms with Crippen LogP contribution in [0.3, 0.4) is 0 Å². The number of halogens is 3. The Hall–Kier alpha value is -2.53.